The van der Waals surface area contributed by atoms with E-state index in [1.165, 1.54) is 12.8 Å². The first-order valence-corrected chi connectivity index (χ1v) is 6.63. The molecule has 2 N–H and O–H groups in total. The number of carbonyl (C=O) groups is 1. The number of nitrogens with zero attached hydrogens (tertiary/aromatic N) is 1. The Bertz CT molecular complexity index is 260. The monoisotopic (exact) mass is 242 g/mol. The average molecular weight is 242 g/mol. The highest BCUT2D eigenvalue weighted by Gasteiger charge is 2.40. The van der Waals surface area contributed by atoms with Crippen LogP contribution in [0.1, 0.15) is 47.0 Å². The highest BCUT2D eigenvalue weighted by Crippen LogP contribution is 2.47. The molecule has 1 aliphatic rings. The summed E-state index contributed by atoms with van der Waals surface area (Å²) in [6.07, 6.45) is 3.10. The van der Waals surface area contributed by atoms with Crippen LogP contribution in [0.25, 0.3) is 0 Å². The molecule has 17 heavy (non-hydrogen) atoms. The molecule has 0 aromatic rings. The molecular formula is C13H26N2O2. The predicted molar refractivity (Wildman–Crippen MR) is 68.9 cm³/mol. The number of carbonyl (C=O) groups excluding carboxylic acids is 1. The quantitative estimate of drug-likeness (QED) is 0.748. The Morgan fingerprint density at radius 1 is 1.41 bits per heavy atom. The molecule has 0 aromatic carbocycles. The van der Waals surface area contributed by atoms with Crippen LogP contribution in [0.15, 0.2) is 0 Å². The van der Waals surface area contributed by atoms with Crippen molar-refractivity contribution < 1.29 is 9.90 Å². The number of amides is 2. The number of hydrogen-bond acceptors (Lipinski definition) is 2. The van der Waals surface area contributed by atoms with Gasteiger partial charge in [-0.2, -0.15) is 0 Å². The van der Waals surface area contributed by atoms with Crippen molar-refractivity contribution in [1.82, 2.24) is 10.2 Å². The predicted octanol–water partition coefficient (Wildman–Crippen LogP) is 1.98. The Morgan fingerprint density at radius 2 is 2.00 bits per heavy atom. The topological polar surface area (TPSA) is 52.6 Å². The van der Waals surface area contributed by atoms with Gasteiger partial charge in [-0.3, -0.25) is 0 Å². The van der Waals surface area contributed by atoms with Crippen LogP contribution in [-0.4, -0.2) is 41.3 Å². The first kappa shape index (κ1) is 14.3. The van der Waals surface area contributed by atoms with Crippen LogP contribution in [0.4, 0.5) is 4.79 Å². The number of rotatable bonds is 6. The van der Waals surface area contributed by atoms with Gasteiger partial charge < -0.3 is 15.3 Å². The summed E-state index contributed by atoms with van der Waals surface area (Å²) in [6.45, 7) is 8.98. The Kier molecular flexibility index (Phi) is 4.80. The van der Waals surface area contributed by atoms with Crippen LogP contribution in [0, 0.1) is 5.41 Å². The van der Waals surface area contributed by atoms with Crippen LogP contribution in [0.3, 0.4) is 0 Å². The van der Waals surface area contributed by atoms with Crippen LogP contribution >= 0.6 is 0 Å². The minimum atomic E-state index is -0.482. The largest absolute Gasteiger partial charge is 0.392 e. The second kappa shape index (κ2) is 5.71. The minimum Gasteiger partial charge on any atom is -0.392 e. The second-order valence-corrected chi connectivity index (χ2v) is 5.61. The average Bonchev–Trinajstić information content (AvgIpc) is 3.03. The lowest BCUT2D eigenvalue weighted by Crippen LogP contribution is -2.48. The zero-order chi connectivity index (χ0) is 13.1. The van der Waals surface area contributed by atoms with Crippen LogP contribution in [-0.2, 0) is 0 Å². The van der Waals surface area contributed by atoms with Gasteiger partial charge in [-0.25, -0.2) is 4.79 Å². The van der Waals surface area contributed by atoms with E-state index in [2.05, 4.69) is 12.2 Å². The van der Waals surface area contributed by atoms with Crippen molar-refractivity contribution in [2.75, 3.05) is 13.1 Å². The molecule has 0 heterocycles. The van der Waals surface area contributed by atoms with E-state index in [1.54, 1.807) is 11.8 Å². The summed E-state index contributed by atoms with van der Waals surface area (Å²) in [5, 5.41) is 12.4. The molecule has 0 aliphatic heterocycles. The lowest BCUT2D eigenvalue weighted by molar-refractivity contribution is 0.118. The third-order valence-corrected chi connectivity index (χ3v) is 3.67. The van der Waals surface area contributed by atoms with Crippen LogP contribution in [0.2, 0.25) is 0 Å². The van der Waals surface area contributed by atoms with Crippen molar-refractivity contribution in [3.63, 3.8) is 0 Å². The van der Waals surface area contributed by atoms with Gasteiger partial charge in [0.2, 0.25) is 0 Å². The fraction of sp³-hybridized carbons (Fsp3) is 0.923. The zero-order valence-electron chi connectivity index (χ0n) is 11.5. The molecule has 1 aliphatic carbocycles. The van der Waals surface area contributed by atoms with E-state index in [9.17, 15) is 9.90 Å². The summed E-state index contributed by atoms with van der Waals surface area (Å²) >= 11 is 0. The standard InChI is InChI=1S/C13H26N2O2/c1-5-13(6-7-13)9-14-12(17)15(10(2)3)8-11(4)16/h10-11,16H,5-9H2,1-4H3,(H,14,17). The van der Waals surface area contributed by atoms with Gasteiger partial charge in [-0.15, -0.1) is 0 Å². The lowest BCUT2D eigenvalue weighted by Gasteiger charge is -2.29. The Balaban J connectivity index is 2.42. The van der Waals surface area contributed by atoms with Gasteiger partial charge >= 0.3 is 6.03 Å². The summed E-state index contributed by atoms with van der Waals surface area (Å²) in [5.41, 5.74) is 0.364. The maximum Gasteiger partial charge on any atom is 0.317 e. The normalized spacial score (nSPS) is 18.9. The molecule has 1 fully saturated rings. The van der Waals surface area contributed by atoms with Crippen molar-refractivity contribution in [3.05, 3.63) is 0 Å². The molecule has 4 heteroatoms. The first-order valence-electron chi connectivity index (χ1n) is 6.63. The highest BCUT2D eigenvalue weighted by molar-refractivity contribution is 5.74. The molecule has 4 nitrogen and oxygen atoms in total. The first-order chi connectivity index (χ1) is 7.90. The molecule has 0 spiro atoms. The maximum atomic E-state index is 12.0. The fourth-order valence-corrected chi connectivity index (χ4v) is 2.01. The van der Waals surface area contributed by atoms with Gasteiger partial charge in [0.1, 0.15) is 0 Å². The molecule has 100 valence electrons. The third-order valence-electron chi connectivity index (χ3n) is 3.67. The fourth-order valence-electron chi connectivity index (χ4n) is 2.01. The number of hydrogen-bond donors (Lipinski definition) is 2. The summed E-state index contributed by atoms with van der Waals surface area (Å²) in [5.74, 6) is 0. The molecule has 0 saturated heterocycles. The van der Waals surface area contributed by atoms with Crippen LogP contribution < -0.4 is 5.32 Å². The van der Waals surface area contributed by atoms with E-state index >= 15 is 0 Å². The molecule has 2 amide bonds. The molecule has 0 radical (unpaired) electrons. The Hall–Kier alpha value is -0.770. The Labute approximate surface area is 104 Å². The SMILES string of the molecule is CCC1(CNC(=O)N(CC(C)O)C(C)C)CC1. The molecule has 1 atom stereocenters. The molecular weight excluding hydrogens is 216 g/mol. The number of urea groups is 1. The molecule has 0 bridgehead atoms. The van der Waals surface area contributed by atoms with E-state index in [-0.39, 0.29) is 12.1 Å². The van der Waals surface area contributed by atoms with Crippen LogP contribution in [0.5, 0.6) is 0 Å². The maximum absolute atomic E-state index is 12.0. The van der Waals surface area contributed by atoms with Gasteiger partial charge in [0, 0.05) is 19.1 Å². The lowest BCUT2D eigenvalue weighted by atomic mass is 10.0. The number of aliphatic hydroxyl groups is 1. The number of nitrogens with one attached hydrogen (secondary N) is 1. The highest BCUT2D eigenvalue weighted by atomic mass is 16.3. The van der Waals surface area contributed by atoms with Crippen molar-refractivity contribution in [2.24, 2.45) is 5.41 Å². The third kappa shape index (κ3) is 4.19. The van der Waals surface area contributed by atoms with Gasteiger partial charge in [-0.05, 0) is 45.4 Å². The van der Waals surface area contributed by atoms with Gasteiger partial charge in [0.15, 0.2) is 0 Å². The van der Waals surface area contributed by atoms with E-state index < -0.39 is 6.10 Å². The van der Waals surface area contributed by atoms with Gasteiger partial charge in [0.25, 0.3) is 0 Å². The second-order valence-electron chi connectivity index (χ2n) is 5.61. The summed E-state index contributed by atoms with van der Waals surface area (Å²) in [4.78, 5) is 13.7. The summed E-state index contributed by atoms with van der Waals surface area (Å²) in [6, 6.07) is 0.0574. The van der Waals surface area contributed by atoms with E-state index in [0.717, 1.165) is 13.0 Å². The summed E-state index contributed by atoms with van der Waals surface area (Å²) in [7, 11) is 0. The Morgan fingerprint density at radius 3 is 2.35 bits per heavy atom. The smallest absolute Gasteiger partial charge is 0.317 e. The molecule has 1 saturated carbocycles. The van der Waals surface area contributed by atoms with Crippen molar-refractivity contribution in [2.45, 2.75) is 59.1 Å². The van der Waals surface area contributed by atoms with Crippen molar-refractivity contribution >= 4 is 6.03 Å². The van der Waals surface area contributed by atoms with Gasteiger partial charge in [-0.1, -0.05) is 6.92 Å². The zero-order valence-corrected chi connectivity index (χ0v) is 11.5. The summed E-state index contributed by atoms with van der Waals surface area (Å²) < 4.78 is 0. The van der Waals surface area contributed by atoms with Crippen molar-refractivity contribution in [1.29, 1.82) is 0 Å². The molecule has 0 aromatic heterocycles. The van der Waals surface area contributed by atoms with E-state index in [4.69, 9.17) is 0 Å². The van der Waals surface area contributed by atoms with E-state index in [1.807, 2.05) is 13.8 Å². The molecule has 1 unspecified atom stereocenters. The van der Waals surface area contributed by atoms with Crippen molar-refractivity contribution in [3.8, 4) is 0 Å². The van der Waals surface area contributed by atoms with Gasteiger partial charge in [0.05, 0.1) is 6.10 Å². The van der Waals surface area contributed by atoms with E-state index in [0.29, 0.717) is 12.0 Å². The minimum absolute atomic E-state index is 0.0550. The number of aliphatic hydroxyl groups excluding tert-OH is 1. The molecule has 1 rings (SSSR count).